The molecule has 0 fully saturated rings. The molecule has 33 heavy (non-hydrogen) atoms. The number of rotatable bonds is 6. The van der Waals surface area contributed by atoms with Crippen molar-refractivity contribution in [3.05, 3.63) is 137 Å². The zero-order chi connectivity index (χ0) is 22.7. The lowest BCUT2D eigenvalue weighted by molar-refractivity contribution is 0.121. The van der Waals surface area contributed by atoms with Crippen molar-refractivity contribution in [3.63, 3.8) is 0 Å². The van der Waals surface area contributed by atoms with Crippen molar-refractivity contribution in [3.8, 4) is 5.75 Å². The summed E-state index contributed by atoms with van der Waals surface area (Å²) in [7, 11) is 1.66. The molecular formula is C30H25NO2. The second-order valence-corrected chi connectivity index (χ2v) is 8.01. The Morgan fingerprint density at radius 2 is 1.27 bits per heavy atom. The molecule has 0 amide bonds. The third-order valence-electron chi connectivity index (χ3n) is 6.05. The van der Waals surface area contributed by atoms with Crippen molar-refractivity contribution in [1.82, 2.24) is 4.98 Å². The van der Waals surface area contributed by atoms with Crippen LogP contribution in [0.25, 0.3) is 23.1 Å². The minimum atomic E-state index is -1.35. The molecular weight excluding hydrogens is 406 g/mol. The predicted octanol–water partition coefficient (Wildman–Crippen LogP) is 6.63. The highest BCUT2D eigenvalue weighted by Crippen LogP contribution is 2.41. The summed E-state index contributed by atoms with van der Waals surface area (Å²) in [5.74, 6) is 0.822. The molecule has 0 aliphatic heterocycles. The number of benzene rings is 4. The number of hydrogen-bond acceptors (Lipinski definition) is 2. The van der Waals surface area contributed by atoms with Gasteiger partial charge in [-0.3, -0.25) is 0 Å². The topological polar surface area (TPSA) is 45.2 Å². The molecule has 0 radical (unpaired) electrons. The summed E-state index contributed by atoms with van der Waals surface area (Å²) < 4.78 is 5.28. The molecule has 2 N–H and O–H groups in total. The van der Waals surface area contributed by atoms with Crippen LogP contribution in [-0.4, -0.2) is 17.2 Å². The number of methoxy groups -OCH3 is 1. The summed E-state index contributed by atoms with van der Waals surface area (Å²) in [6, 6.07) is 35.7. The average Bonchev–Trinajstić information content (AvgIpc) is 3.27. The first-order chi connectivity index (χ1) is 16.2. The SMILES string of the molecule is COc1ccc(C=Cc2c(C(O)(c3ccccc3)c3ccccc3)[nH]c3ccccc23)cc1. The van der Waals surface area contributed by atoms with Crippen molar-refractivity contribution in [2.24, 2.45) is 0 Å². The first-order valence-corrected chi connectivity index (χ1v) is 11.0. The van der Waals surface area contributed by atoms with Crippen LogP contribution in [0.4, 0.5) is 0 Å². The second-order valence-electron chi connectivity index (χ2n) is 8.01. The summed E-state index contributed by atoms with van der Waals surface area (Å²) in [6.45, 7) is 0. The monoisotopic (exact) mass is 431 g/mol. The summed E-state index contributed by atoms with van der Waals surface area (Å²) in [5.41, 5.74) is 3.99. The molecule has 0 aliphatic carbocycles. The molecule has 162 valence electrons. The average molecular weight is 432 g/mol. The Morgan fingerprint density at radius 3 is 1.88 bits per heavy atom. The van der Waals surface area contributed by atoms with Crippen LogP contribution in [-0.2, 0) is 5.60 Å². The van der Waals surface area contributed by atoms with E-state index < -0.39 is 5.60 Å². The van der Waals surface area contributed by atoms with Gasteiger partial charge >= 0.3 is 0 Å². The van der Waals surface area contributed by atoms with E-state index in [0.29, 0.717) is 0 Å². The molecule has 0 atom stereocenters. The van der Waals surface area contributed by atoms with E-state index >= 15 is 0 Å². The number of fused-ring (bicyclic) bond motifs is 1. The van der Waals surface area contributed by atoms with Gasteiger partial charge in [0.1, 0.15) is 5.75 Å². The Bertz CT molecular complexity index is 1340. The van der Waals surface area contributed by atoms with Crippen LogP contribution < -0.4 is 4.74 Å². The number of nitrogens with one attached hydrogen (secondary N) is 1. The Labute approximate surface area is 193 Å². The van der Waals surface area contributed by atoms with Gasteiger partial charge in [0.05, 0.1) is 12.8 Å². The van der Waals surface area contributed by atoms with Crippen LogP contribution in [0.1, 0.15) is 27.9 Å². The van der Waals surface area contributed by atoms with Crippen LogP contribution >= 0.6 is 0 Å². The Balaban J connectivity index is 1.73. The van der Waals surface area contributed by atoms with Gasteiger partial charge in [-0.05, 0) is 34.9 Å². The molecule has 3 heteroatoms. The van der Waals surface area contributed by atoms with E-state index in [9.17, 15) is 5.11 Å². The van der Waals surface area contributed by atoms with Gasteiger partial charge < -0.3 is 14.8 Å². The van der Waals surface area contributed by atoms with Crippen molar-refractivity contribution in [1.29, 1.82) is 0 Å². The maximum atomic E-state index is 12.4. The molecule has 0 spiro atoms. The van der Waals surface area contributed by atoms with E-state index in [1.54, 1.807) is 7.11 Å². The van der Waals surface area contributed by atoms with E-state index in [1.165, 1.54) is 0 Å². The largest absolute Gasteiger partial charge is 0.497 e. The second kappa shape index (κ2) is 8.81. The molecule has 1 aromatic heterocycles. The lowest BCUT2D eigenvalue weighted by Gasteiger charge is -2.29. The zero-order valence-corrected chi connectivity index (χ0v) is 18.4. The summed E-state index contributed by atoms with van der Waals surface area (Å²) >= 11 is 0. The fraction of sp³-hybridized carbons (Fsp3) is 0.0667. The van der Waals surface area contributed by atoms with Crippen LogP contribution in [0.2, 0.25) is 0 Å². The van der Waals surface area contributed by atoms with Gasteiger partial charge in [-0.15, -0.1) is 0 Å². The Hall–Kier alpha value is -4.08. The summed E-state index contributed by atoms with van der Waals surface area (Å²) in [5, 5.41) is 13.4. The maximum Gasteiger partial charge on any atom is 0.155 e. The molecule has 5 aromatic rings. The van der Waals surface area contributed by atoms with Gasteiger partial charge in [-0.1, -0.05) is 103 Å². The molecule has 3 nitrogen and oxygen atoms in total. The molecule has 0 saturated carbocycles. The van der Waals surface area contributed by atoms with Crippen LogP contribution in [0.3, 0.4) is 0 Å². The summed E-state index contributed by atoms with van der Waals surface area (Å²) in [4.78, 5) is 3.54. The Kier molecular flexibility index (Phi) is 5.55. The highest BCUT2D eigenvalue weighted by molar-refractivity contribution is 5.94. The minimum Gasteiger partial charge on any atom is -0.497 e. The van der Waals surface area contributed by atoms with Gasteiger partial charge in [0.25, 0.3) is 0 Å². The Morgan fingerprint density at radius 1 is 0.697 bits per heavy atom. The van der Waals surface area contributed by atoms with E-state index in [-0.39, 0.29) is 0 Å². The molecule has 5 rings (SSSR count). The lowest BCUT2D eigenvalue weighted by atomic mass is 9.81. The zero-order valence-electron chi connectivity index (χ0n) is 18.4. The standard InChI is InChI=1S/C30H25NO2/c1-33-25-19-16-22(17-20-25)18-21-27-26-14-8-9-15-28(26)31-29(27)30(32,23-10-4-2-5-11-23)24-12-6-3-7-13-24/h2-21,31-32H,1H3. The molecule has 0 bridgehead atoms. The number of aliphatic hydroxyl groups is 1. The first-order valence-electron chi connectivity index (χ1n) is 11.0. The van der Waals surface area contributed by atoms with Crippen molar-refractivity contribution >= 4 is 23.1 Å². The predicted molar refractivity (Wildman–Crippen MR) is 135 cm³/mol. The smallest absolute Gasteiger partial charge is 0.155 e. The third-order valence-corrected chi connectivity index (χ3v) is 6.05. The molecule has 0 saturated heterocycles. The van der Waals surface area contributed by atoms with Crippen LogP contribution in [0, 0.1) is 0 Å². The van der Waals surface area contributed by atoms with E-state index in [2.05, 4.69) is 23.2 Å². The fourth-order valence-corrected chi connectivity index (χ4v) is 4.33. The number of ether oxygens (including phenoxy) is 1. The summed E-state index contributed by atoms with van der Waals surface area (Å²) in [6.07, 6.45) is 4.14. The fourth-order valence-electron chi connectivity index (χ4n) is 4.33. The lowest BCUT2D eigenvalue weighted by Crippen LogP contribution is -2.30. The normalized spacial score (nSPS) is 11.8. The highest BCUT2D eigenvalue weighted by atomic mass is 16.5. The van der Waals surface area contributed by atoms with Crippen LogP contribution in [0.15, 0.2) is 109 Å². The van der Waals surface area contributed by atoms with Gasteiger partial charge in [0, 0.05) is 16.5 Å². The molecule has 1 heterocycles. The third kappa shape index (κ3) is 3.84. The minimum absolute atomic E-state index is 0.742. The molecule has 0 aliphatic rings. The number of aromatic amines is 1. The highest BCUT2D eigenvalue weighted by Gasteiger charge is 2.37. The van der Waals surface area contributed by atoms with Crippen molar-refractivity contribution < 1.29 is 9.84 Å². The van der Waals surface area contributed by atoms with Crippen molar-refractivity contribution in [2.45, 2.75) is 5.60 Å². The van der Waals surface area contributed by atoms with E-state index in [4.69, 9.17) is 4.74 Å². The van der Waals surface area contributed by atoms with Gasteiger partial charge in [-0.25, -0.2) is 0 Å². The van der Waals surface area contributed by atoms with Gasteiger partial charge in [-0.2, -0.15) is 0 Å². The van der Waals surface area contributed by atoms with Gasteiger partial charge in [0.2, 0.25) is 0 Å². The molecule has 0 unspecified atom stereocenters. The van der Waals surface area contributed by atoms with E-state index in [1.807, 2.05) is 103 Å². The number of H-pyrrole nitrogens is 1. The van der Waals surface area contributed by atoms with Crippen LogP contribution in [0.5, 0.6) is 5.75 Å². The number of para-hydroxylation sites is 1. The maximum absolute atomic E-state index is 12.4. The van der Waals surface area contributed by atoms with Crippen molar-refractivity contribution in [2.75, 3.05) is 7.11 Å². The number of aromatic nitrogens is 1. The van der Waals surface area contributed by atoms with Gasteiger partial charge in [0.15, 0.2) is 5.60 Å². The molecule has 4 aromatic carbocycles. The van der Waals surface area contributed by atoms with E-state index in [0.717, 1.165) is 44.6 Å². The first kappa shape index (κ1) is 20.8. The quantitative estimate of drug-likeness (QED) is 0.317. The number of hydrogen-bond donors (Lipinski definition) is 2.